The molecule has 0 saturated carbocycles. The van der Waals surface area contributed by atoms with Crippen molar-refractivity contribution in [3.8, 4) is 27.9 Å². The summed E-state index contributed by atoms with van der Waals surface area (Å²) in [6.07, 6.45) is 1.71. The molecule has 2 aliphatic rings. The number of amidine groups is 1. The third-order valence-corrected chi connectivity index (χ3v) is 14.4. The maximum atomic E-state index is 5.44. The van der Waals surface area contributed by atoms with Gasteiger partial charge in [0.2, 0.25) is 0 Å². The molecular weight excluding hydrogens is 841 g/mol. The van der Waals surface area contributed by atoms with Gasteiger partial charge in [0.1, 0.15) is 17.7 Å². The molecule has 0 spiro atoms. The van der Waals surface area contributed by atoms with Crippen LogP contribution in [0, 0.1) is 0 Å². The van der Waals surface area contributed by atoms with Crippen LogP contribution >= 0.6 is 0 Å². The molecule has 0 aliphatic carbocycles. The zero-order chi connectivity index (χ0) is 46.4. The Balaban J connectivity index is 0.871. The molecule has 0 atom stereocenters. The summed E-state index contributed by atoms with van der Waals surface area (Å²) < 4.78 is 2.37. The summed E-state index contributed by atoms with van der Waals surface area (Å²) in [5.74, 6) is 0.911. The van der Waals surface area contributed by atoms with E-state index in [0.29, 0.717) is 0 Å². The second-order valence-corrected chi connectivity index (χ2v) is 19.4. The number of para-hydroxylation sites is 3. The van der Waals surface area contributed by atoms with Crippen LogP contribution in [0.2, 0.25) is 0 Å². The second-order valence-electron chi connectivity index (χ2n) is 19.4. The van der Waals surface area contributed by atoms with E-state index in [2.05, 4.69) is 254 Å². The fourth-order valence-corrected chi connectivity index (χ4v) is 10.9. The normalized spacial score (nSPS) is 14.4. The molecule has 2 aromatic heterocycles. The number of anilines is 5. The molecule has 0 fully saturated rings. The van der Waals surface area contributed by atoms with Gasteiger partial charge in [-0.15, -0.1) is 0 Å². The van der Waals surface area contributed by atoms with Crippen molar-refractivity contribution in [1.29, 1.82) is 0 Å². The Labute approximate surface area is 402 Å². The van der Waals surface area contributed by atoms with E-state index in [4.69, 9.17) is 15.0 Å². The van der Waals surface area contributed by atoms with E-state index >= 15 is 0 Å². The van der Waals surface area contributed by atoms with Crippen LogP contribution in [0.1, 0.15) is 50.2 Å². The van der Waals surface area contributed by atoms with E-state index < -0.39 is 5.54 Å². The molecule has 0 radical (unpaired) electrons. The molecule has 2 aliphatic heterocycles. The van der Waals surface area contributed by atoms with Gasteiger partial charge >= 0.3 is 0 Å². The number of fused-ring (bicyclic) bond motifs is 6. The summed E-state index contributed by atoms with van der Waals surface area (Å²) >= 11 is 0. The molecule has 9 aromatic carbocycles. The zero-order valence-corrected chi connectivity index (χ0v) is 39.0. The number of aliphatic imine (C=N–C) groups is 1. The molecule has 0 bridgehead atoms. The third kappa shape index (κ3) is 6.51. The van der Waals surface area contributed by atoms with Crippen LogP contribution in [0.5, 0.6) is 0 Å². The third-order valence-electron chi connectivity index (χ3n) is 14.4. The first-order valence-corrected chi connectivity index (χ1v) is 23.8. The maximum Gasteiger partial charge on any atom is 0.141 e. The molecule has 0 amide bonds. The highest BCUT2D eigenvalue weighted by Gasteiger charge is 2.46. The van der Waals surface area contributed by atoms with E-state index in [-0.39, 0.29) is 5.41 Å². The fourth-order valence-electron chi connectivity index (χ4n) is 10.9. The van der Waals surface area contributed by atoms with Gasteiger partial charge in [-0.05, 0) is 145 Å². The standard InChI is InChI=1S/C63H48N6/c1-62(2)54-20-12-14-22-57(54)69-58-59(62)64-40-65-60(58)63(3,4)66-61(69)47-26-25-45-37-44(23-24-46(45)38-47)43-29-33-50(34-30-43)67(49-31-27-42(28-32-49)41-15-7-5-8-16-41)51-35-36-56-53(39-51)52-19-11-13-21-55(52)68(56)48-17-9-6-10-18-48/h5-40H,1-4H3. The van der Waals surface area contributed by atoms with E-state index in [0.717, 1.165) is 73.4 Å². The van der Waals surface area contributed by atoms with Crippen LogP contribution in [0.3, 0.4) is 0 Å². The quantitative estimate of drug-likeness (QED) is 0.160. The predicted molar refractivity (Wildman–Crippen MR) is 286 cm³/mol. The predicted octanol–water partition coefficient (Wildman–Crippen LogP) is 16.0. The van der Waals surface area contributed by atoms with E-state index in [1.807, 2.05) is 0 Å². The van der Waals surface area contributed by atoms with Crippen LogP contribution in [0.15, 0.2) is 224 Å². The minimum Gasteiger partial charge on any atom is -0.310 e. The molecule has 11 aromatic rings. The van der Waals surface area contributed by atoms with Crippen molar-refractivity contribution < 1.29 is 0 Å². The highest BCUT2D eigenvalue weighted by atomic mass is 15.3. The lowest BCUT2D eigenvalue weighted by atomic mass is 9.74. The van der Waals surface area contributed by atoms with Crippen molar-refractivity contribution >= 4 is 66.9 Å². The van der Waals surface area contributed by atoms with Crippen molar-refractivity contribution in [3.63, 3.8) is 0 Å². The lowest BCUT2D eigenvalue weighted by Crippen LogP contribution is -2.44. The van der Waals surface area contributed by atoms with Gasteiger partial charge in [0, 0.05) is 44.5 Å². The van der Waals surface area contributed by atoms with Gasteiger partial charge in [0.25, 0.3) is 0 Å². The van der Waals surface area contributed by atoms with Crippen molar-refractivity contribution in [2.45, 2.75) is 38.6 Å². The number of hydrogen-bond acceptors (Lipinski definition) is 5. The van der Waals surface area contributed by atoms with Crippen molar-refractivity contribution in [2.24, 2.45) is 4.99 Å². The molecular formula is C63H48N6. The number of benzene rings is 9. The average Bonchev–Trinajstić information content (AvgIpc) is 3.72. The summed E-state index contributed by atoms with van der Waals surface area (Å²) in [4.78, 5) is 19.9. The molecule has 0 saturated heterocycles. The van der Waals surface area contributed by atoms with Crippen LogP contribution < -0.4 is 9.80 Å². The van der Waals surface area contributed by atoms with Gasteiger partial charge < -0.3 is 9.47 Å². The molecule has 330 valence electrons. The monoisotopic (exact) mass is 888 g/mol. The number of rotatable bonds is 7. The van der Waals surface area contributed by atoms with Gasteiger partial charge in [-0.25, -0.2) is 9.97 Å². The van der Waals surface area contributed by atoms with Crippen molar-refractivity contribution in [1.82, 2.24) is 14.5 Å². The summed E-state index contributed by atoms with van der Waals surface area (Å²) in [6, 6.07) is 76.9. The van der Waals surface area contributed by atoms with Crippen molar-refractivity contribution in [2.75, 3.05) is 9.80 Å². The van der Waals surface area contributed by atoms with Gasteiger partial charge in [-0.1, -0.05) is 133 Å². The van der Waals surface area contributed by atoms with Gasteiger partial charge in [-0.3, -0.25) is 9.89 Å². The lowest BCUT2D eigenvalue weighted by molar-refractivity contribution is 0.516. The first kappa shape index (κ1) is 40.6. The minimum absolute atomic E-state index is 0.289. The van der Waals surface area contributed by atoms with Crippen LogP contribution in [0.4, 0.5) is 28.4 Å². The number of aromatic nitrogens is 3. The Morgan fingerprint density at radius 3 is 1.72 bits per heavy atom. The Morgan fingerprint density at radius 1 is 0.435 bits per heavy atom. The Bertz CT molecular complexity index is 3830. The largest absolute Gasteiger partial charge is 0.310 e. The second kappa shape index (κ2) is 15.5. The molecule has 0 unspecified atom stereocenters. The smallest absolute Gasteiger partial charge is 0.141 e. The highest BCUT2D eigenvalue weighted by Crippen LogP contribution is 2.53. The molecule has 69 heavy (non-hydrogen) atoms. The number of hydrogen-bond donors (Lipinski definition) is 0. The molecule has 6 heteroatoms. The van der Waals surface area contributed by atoms with Crippen LogP contribution in [0.25, 0.3) is 60.5 Å². The minimum atomic E-state index is -0.539. The summed E-state index contributed by atoms with van der Waals surface area (Å²) in [6.45, 7) is 8.84. The fraction of sp³-hybridized carbons (Fsp3) is 0.0952. The lowest BCUT2D eigenvalue weighted by Gasteiger charge is -2.46. The SMILES string of the molecule is CC1(C)N=C(c2ccc3cc(-c4ccc(N(c5ccc(-c6ccccc6)cc5)c5ccc6c(c5)c5ccccc5n6-c5ccccc5)cc4)ccc3c2)N2c3ccccc3C(C)(C)c3ncnc1c32. The first-order chi connectivity index (χ1) is 33.7. The molecule has 13 rings (SSSR count). The van der Waals surface area contributed by atoms with E-state index in [9.17, 15) is 0 Å². The van der Waals surface area contributed by atoms with Gasteiger partial charge in [0.05, 0.1) is 33.8 Å². The van der Waals surface area contributed by atoms with Crippen molar-refractivity contribution in [3.05, 3.63) is 241 Å². The molecule has 4 heterocycles. The topological polar surface area (TPSA) is 49.6 Å². The first-order valence-electron chi connectivity index (χ1n) is 23.8. The summed E-state index contributed by atoms with van der Waals surface area (Å²) in [5, 5.41) is 4.76. The Hall–Kier alpha value is -8.61. The average molecular weight is 889 g/mol. The van der Waals surface area contributed by atoms with E-state index in [1.54, 1.807) is 6.33 Å². The Kier molecular flexibility index (Phi) is 9.12. The summed E-state index contributed by atoms with van der Waals surface area (Å²) in [7, 11) is 0. The van der Waals surface area contributed by atoms with Crippen LogP contribution in [-0.4, -0.2) is 20.4 Å². The van der Waals surface area contributed by atoms with Gasteiger partial charge in [-0.2, -0.15) is 0 Å². The van der Waals surface area contributed by atoms with Crippen LogP contribution in [-0.2, 0) is 11.0 Å². The molecule has 6 nitrogen and oxygen atoms in total. The Morgan fingerprint density at radius 2 is 0.986 bits per heavy atom. The number of nitrogens with zero attached hydrogens (tertiary/aromatic N) is 6. The van der Waals surface area contributed by atoms with E-state index in [1.165, 1.54) is 43.9 Å². The highest BCUT2D eigenvalue weighted by molar-refractivity contribution is 6.18. The zero-order valence-electron chi connectivity index (χ0n) is 39.0. The van der Waals surface area contributed by atoms with Gasteiger partial charge in [0.15, 0.2) is 0 Å². The molecule has 0 N–H and O–H groups in total. The maximum absolute atomic E-state index is 5.44. The summed E-state index contributed by atoms with van der Waals surface area (Å²) in [5.41, 5.74) is 17.1.